The van der Waals surface area contributed by atoms with E-state index in [2.05, 4.69) is 9.97 Å². The molecule has 0 spiro atoms. The monoisotopic (exact) mass is 264 g/mol. The third-order valence-electron chi connectivity index (χ3n) is 3.81. The Balaban J connectivity index is 2.37. The minimum Gasteiger partial charge on any atom is -0.493 e. The summed E-state index contributed by atoms with van der Waals surface area (Å²) in [4.78, 5) is 20.1. The molecule has 1 aromatic rings. The number of carbonyl (C=O) groups is 1. The number of carboxylic acid groups (broad SMARTS) is 1. The standard InChI is InChI=1S/C14H20N2O3/c1-9-15-8-11(19-2)13(16-9)12(14(17)18)10-6-4-3-5-7-10/h8,10,12H,3-7H2,1-2H3,(H,17,18). The van der Waals surface area contributed by atoms with Gasteiger partial charge in [-0.25, -0.2) is 9.97 Å². The van der Waals surface area contributed by atoms with E-state index in [9.17, 15) is 9.90 Å². The summed E-state index contributed by atoms with van der Waals surface area (Å²) in [6.45, 7) is 1.77. The van der Waals surface area contributed by atoms with Crippen LogP contribution in [0.25, 0.3) is 0 Å². The molecule has 1 N–H and O–H groups in total. The summed E-state index contributed by atoms with van der Waals surface area (Å²) in [5.74, 6) is -0.198. The lowest BCUT2D eigenvalue weighted by molar-refractivity contribution is -0.140. The van der Waals surface area contributed by atoms with Crippen LogP contribution >= 0.6 is 0 Å². The van der Waals surface area contributed by atoms with Gasteiger partial charge in [0.2, 0.25) is 0 Å². The number of nitrogens with zero attached hydrogens (tertiary/aromatic N) is 2. The molecule has 19 heavy (non-hydrogen) atoms. The number of hydrogen-bond acceptors (Lipinski definition) is 4. The van der Waals surface area contributed by atoms with E-state index < -0.39 is 11.9 Å². The van der Waals surface area contributed by atoms with Gasteiger partial charge in [-0.15, -0.1) is 0 Å². The Morgan fingerprint density at radius 3 is 2.68 bits per heavy atom. The molecule has 5 nitrogen and oxygen atoms in total. The van der Waals surface area contributed by atoms with Crippen LogP contribution in [0.5, 0.6) is 5.75 Å². The van der Waals surface area contributed by atoms with Gasteiger partial charge >= 0.3 is 5.97 Å². The summed E-state index contributed by atoms with van der Waals surface area (Å²) in [7, 11) is 1.53. The Kier molecular flexibility index (Phi) is 4.35. The third-order valence-corrected chi connectivity index (χ3v) is 3.81. The van der Waals surface area contributed by atoms with Crippen molar-refractivity contribution in [2.45, 2.75) is 44.9 Å². The molecule has 1 aromatic heterocycles. The highest BCUT2D eigenvalue weighted by molar-refractivity contribution is 5.76. The lowest BCUT2D eigenvalue weighted by atomic mass is 9.78. The van der Waals surface area contributed by atoms with Crippen LogP contribution in [0.4, 0.5) is 0 Å². The molecule has 2 rings (SSSR count). The summed E-state index contributed by atoms with van der Waals surface area (Å²) in [6.07, 6.45) is 6.85. The van der Waals surface area contributed by atoms with Crippen LogP contribution in [0.3, 0.4) is 0 Å². The SMILES string of the molecule is COc1cnc(C)nc1C(C(=O)O)C1CCCCC1. The summed E-state index contributed by atoms with van der Waals surface area (Å²) in [5.41, 5.74) is 0.523. The fraction of sp³-hybridized carbons (Fsp3) is 0.643. The third kappa shape index (κ3) is 3.03. The zero-order valence-electron chi connectivity index (χ0n) is 11.4. The maximum absolute atomic E-state index is 11.7. The fourth-order valence-electron chi connectivity index (χ4n) is 2.87. The lowest BCUT2D eigenvalue weighted by Crippen LogP contribution is -2.25. The highest BCUT2D eigenvalue weighted by Gasteiger charge is 2.34. The number of aromatic nitrogens is 2. The van der Waals surface area contributed by atoms with E-state index in [1.165, 1.54) is 13.5 Å². The molecule has 0 aliphatic heterocycles. The molecular formula is C14H20N2O3. The number of aryl methyl sites for hydroxylation is 1. The zero-order chi connectivity index (χ0) is 13.8. The van der Waals surface area contributed by atoms with Gasteiger partial charge in [-0.1, -0.05) is 19.3 Å². The van der Waals surface area contributed by atoms with Gasteiger partial charge in [0.25, 0.3) is 0 Å². The Hall–Kier alpha value is -1.65. The first-order valence-corrected chi connectivity index (χ1v) is 6.73. The van der Waals surface area contributed by atoms with Crippen LogP contribution in [-0.4, -0.2) is 28.2 Å². The predicted octanol–water partition coefficient (Wildman–Crippen LogP) is 2.54. The maximum atomic E-state index is 11.7. The zero-order valence-corrected chi connectivity index (χ0v) is 11.4. The second-order valence-corrected chi connectivity index (χ2v) is 5.08. The molecule has 0 amide bonds. The van der Waals surface area contributed by atoms with E-state index in [1.54, 1.807) is 13.1 Å². The Bertz CT molecular complexity index is 456. The van der Waals surface area contributed by atoms with Gasteiger partial charge in [0.15, 0.2) is 5.75 Å². The number of ether oxygens (including phenoxy) is 1. The summed E-state index contributed by atoms with van der Waals surface area (Å²) >= 11 is 0. The van der Waals surface area contributed by atoms with E-state index in [4.69, 9.17) is 4.74 Å². The molecule has 1 aliphatic carbocycles. The van der Waals surface area contributed by atoms with Crippen LogP contribution < -0.4 is 4.74 Å². The van der Waals surface area contributed by atoms with Gasteiger partial charge in [0, 0.05) is 0 Å². The van der Waals surface area contributed by atoms with E-state index in [-0.39, 0.29) is 5.92 Å². The van der Waals surface area contributed by atoms with Crippen molar-refractivity contribution >= 4 is 5.97 Å². The number of aliphatic carboxylic acids is 1. The molecular weight excluding hydrogens is 244 g/mol. The van der Waals surface area contributed by atoms with E-state index in [0.717, 1.165) is 25.7 Å². The largest absolute Gasteiger partial charge is 0.493 e. The van der Waals surface area contributed by atoms with Crippen molar-refractivity contribution in [3.05, 3.63) is 17.7 Å². The quantitative estimate of drug-likeness (QED) is 0.904. The van der Waals surface area contributed by atoms with Gasteiger partial charge in [-0.2, -0.15) is 0 Å². The van der Waals surface area contributed by atoms with Crippen molar-refractivity contribution in [1.29, 1.82) is 0 Å². The topological polar surface area (TPSA) is 72.3 Å². The van der Waals surface area contributed by atoms with Crippen molar-refractivity contribution in [2.75, 3.05) is 7.11 Å². The molecule has 5 heteroatoms. The average Bonchev–Trinajstić information content (AvgIpc) is 2.40. The van der Waals surface area contributed by atoms with E-state index in [0.29, 0.717) is 17.3 Å². The van der Waals surface area contributed by atoms with Crippen molar-refractivity contribution in [3.8, 4) is 5.75 Å². The van der Waals surface area contributed by atoms with Gasteiger partial charge in [-0.05, 0) is 25.7 Å². The van der Waals surface area contributed by atoms with Crippen LogP contribution in [0.2, 0.25) is 0 Å². The lowest BCUT2D eigenvalue weighted by Gasteiger charge is -2.27. The number of methoxy groups -OCH3 is 1. The highest BCUT2D eigenvalue weighted by Crippen LogP contribution is 2.38. The second-order valence-electron chi connectivity index (χ2n) is 5.08. The normalized spacial score (nSPS) is 18.0. The molecule has 0 aromatic carbocycles. The number of rotatable bonds is 4. The van der Waals surface area contributed by atoms with Crippen LogP contribution in [0.1, 0.15) is 49.5 Å². The second kappa shape index (κ2) is 5.99. The number of hydrogen-bond donors (Lipinski definition) is 1. The van der Waals surface area contributed by atoms with Crippen molar-refractivity contribution in [2.24, 2.45) is 5.92 Å². The van der Waals surface area contributed by atoms with Crippen molar-refractivity contribution < 1.29 is 14.6 Å². The molecule has 1 unspecified atom stereocenters. The fourth-order valence-corrected chi connectivity index (χ4v) is 2.87. The van der Waals surface area contributed by atoms with Crippen molar-refractivity contribution in [3.63, 3.8) is 0 Å². The van der Waals surface area contributed by atoms with Crippen LogP contribution in [0, 0.1) is 12.8 Å². The average molecular weight is 264 g/mol. The number of carboxylic acids is 1. The van der Waals surface area contributed by atoms with Crippen molar-refractivity contribution in [1.82, 2.24) is 9.97 Å². The molecule has 1 heterocycles. The molecule has 1 aliphatic rings. The van der Waals surface area contributed by atoms with Gasteiger partial charge < -0.3 is 9.84 Å². The predicted molar refractivity (Wildman–Crippen MR) is 70.3 cm³/mol. The summed E-state index contributed by atoms with van der Waals surface area (Å²) < 4.78 is 5.23. The highest BCUT2D eigenvalue weighted by atomic mass is 16.5. The molecule has 1 fully saturated rings. The minimum atomic E-state index is -0.816. The smallest absolute Gasteiger partial charge is 0.313 e. The van der Waals surface area contributed by atoms with Crippen LogP contribution in [-0.2, 0) is 4.79 Å². The maximum Gasteiger partial charge on any atom is 0.313 e. The summed E-state index contributed by atoms with van der Waals surface area (Å²) in [5, 5.41) is 9.57. The van der Waals surface area contributed by atoms with Crippen LogP contribution in [0.15, 0.2) is 6.20 Å². The molecule has 104 valence electrons. The van der Waals surface area contributed by atoms with Gasteiger partial charge in [0.05, 0.1) is 13.3 Å². The summed E-state index contributed by atoms with van der Waals surface area (Å²) in [6, 6.07) is 0. The molecule has 1 atom stereocenters. The minimum absolute atomic E-state index is 0.148. The molecule has 0 radical (unpaired) electrons. The van der Waals surface area contributed by atoms with E-state index >= 15 is 0 Å². The Morgan fingerprint density at radius 2 is 2.11 bits per heavy atom. The molecule has 0 bridgehead atoms. The van der Waals surface area contributed by atoms with Gasteiger partial charge in [-0.3, -0.25) is 4.79 Å². The first kappa shape index (κ1) is 13.8. The Morgan fingerprint density at radius 1 is 1.42 bits per heavy atom. The first-order chi connectivity index (χ1) is 9.13. The van der Waals surface area contributed by atoms with E-state index in [1.807, 2.05) is 0 Å². The van der Waals surface area contributed by atoms with Gasteiger partial charge in [0.1, 0.15) is 17.4 Å². The molecule has 1 saturated carbocycles. The molecule has 0 saturated heterocycles. The first-order valence-electron chi connectivity index (χ1n) is 6.73. The Labute approximate surface area is 113 Å².